The number of aliphatic carboxylic acids is 1. The lowest BCUT2D eigenvalue weighted by molar-refractivity contribution is -0.139. The average molecular weight is 393 g/mol. The number of aryl methyl sites for hydroxylation is 2. The molecule has 2 rings (SSSR count). The Morgan fingerprint density at radius 2 is 1.85 bits per heavy atom. The highest BCUT2D eigenvalue weighted by atomic mass is 32.2. The molecule has 27 heavy (non-hydrogen) atoms. The molecular formula is C19H20FNO5S. The number of carbonyl (C=O) groups is 2. The van der Waals surface area contributed by atoms with Crippen LogP contribution in [0, 0.1) is 12.7 Å². The standard InChI is InChI=1S/C19H20FNO5S/c1-4-12-5-6-14(10-16(12)27(3,25)26)18(22)21-17(19(23)24)13-7-8-15(20)11(2)9-13/h5-10,17H,4H2,1-3H3,(H,21,22)(H,23,24). The molecule has 0 aromatic heterocycles. The normalized spacial score (nSPS) is 12.4. The molecule has 0 radical (unpaired) electrons. The summed E-state index contributed by atoms with van der Waals surface area (Å²) in [5, 5.41) is 11.8. The predicted molar refractivity (Wildman–Crippen MR) is 97.9 cm³/mol. The summed E-state index contributed by atoms with van der Waals surface area (Å²) in [7, 11) is -3.55. The molecule has 0 aliphatic carbocycles. The van der Waals surface area contributed by atoms with Gasteiger partial charge in [0.15, 0.2) is 15.9 Å². The van der Waals surface area contributed by atoms with Crippen LogP contribution in [-0.4, -0.2) is 31.7 Å². The minimum atomic E-state index is -3.55. The highest BCUT2D eigenvalue weighted by molar-refractivity contribution is 7.90. The van der Waals surface area contributed by atoms with Crippen LogP contribution >= 0.6 is 0 Å². The van der Waals surface area contributed by atoms with Gasteiger partial charge in [-0.3, -0.25) is 4.79 Å². The van der Waals surface area contributed by atoms with Gasteiger partial charge in [-0.2, -0.15) is 0 Å². The van der Waals surface area contributed by atoms with Crippen LogP contribution in [0.2, 0.25) is 0 Å². The van der Waals surface area contributed by atoms with E-state index in [1.54, 1.807) is 6.92 Å². The number of rotatable bonds is 6. The first-order valence-corrected chi connectivity index (χ1v) is 10.1. The monoisotopic (exact) mass is 393 g/mol. The Morgan fingerprint density at radius 3 is 2.37 bits per heavy atom. The first-order chi connectivity index (χ1) is 12.5. The SMILES string of the molecule is CCc1ccc(C(=O)NC(C(=O)O)c2ccc(F)c(C)c2)cc1S(C)(=O)=O. The van der Waals surface area contributed by atoms with Crippen molar-refractivity contribution in [1.82, 2.24) is 5.32 Å². The molecule has 2 N–H and O–H groups in total. The van der Waals surface area contributed by atoms with E-state index in [1.807, 2.05) is 0 Å². The van der Waals surface area contributed by atoms with Gasteiger partial charge in [-0.15, -0.1) is 0 Å². The third kappa shape index (κ3) is 4.71. The Labute approximate surface area is 157 Å². The van der Waals surface area contributed by atoms with Gasteiger partial charge in [0.1, 0.15) is 5.82 Å². The van der Waals surface area contributed by atoms with Crippen LogP contribution in [-0.2, 0) is 21.1 Å². The molecule has 0 saturated heterocycles. The zero-order chi connectivity index (χ0) is 20.4. The summed E-state index contributed by atoms with van der Waals surface area (Å²) in [6, 6.07) is 6.56. The van der Waals surface area contributed by atoms with E-state index in [0.29, 0.717) is 12.0 Å². The molecule has 0 saturated carbocycles. The fourth-order valence-corrected chi connectivity index (χ4v) is 3.71. The van der Waals surface area contributed by atoms with E-state index in [4.69, 9.17) is 0 Å². The number of benzene rings is 2. The molecule has 1 amide bonds. The maximum absolute atomic E-state index is 13.4. The van der Waals surface area contributed by atoms with Gasteiger partial charge in [0.05, 0.1) is 4.90 Å². The number of sulfone groups is 1. The molecule has 1 atom stereocenters. The fourth-order valence-electron chi connectivity index (χ4n) is 2.68. The van der Waals surface area contributed by atoms with Crippen LogP contribution in [0.15, 0.2) is 41.3 Å². The summed E-state index contributed by atoms with van der Waals surface area (Å²) in [6.45, 7) is 3.28. The van der Waals surface area contributed by atoms with Gasteiger partial charge in [0.2, 0.25) is 0 Å². The molecule has 2 aromatic carbocycles. The lowest BCUT2D eigenvalue weighted by Gasteiger charge is -2.16. The Morgan fingerprint density at radius 1 is 1.19 bits per heavy atom. The van der Waals surface area contributed by atoms with Crippen LogP contribution in [0.4, 0.5) is 4.39 Å². The molecule has 2 aromatic rings. The zero-order valence-electron chi connectivity index (χ0n) is 15.1. The second-order valence-corrected chi connectivity index (χ2v) is 8.19. The van der Waals surface area contributed by atoms with Crippen molar-refractivity contribution in [3.63, 3.8) is 0 Å². The number of carbonyl (C=O) groups excluding carboxylic acids is 1. The van der Waals surface area contributed by atoms with Crippen molar-refractivity contribution >= 4 is 21.7 Å². The van der Waals surface area contributed by atoms with E-state index < -0.39 is 33.6 Å². The molecule has 0 aliphatic rings. The molecule has 0 spiro atoms. The molecule has 0 heterocycles. The smallest absolute Gasteiger partial charge is 0.330 e. The Balaban J connectivity index is 2.38. The minimum Gasteiger partial charge on any atom is -0.479 e. The Bertz CT molecular complexity index is 1000. The van der Waals surface area contributed by atoms with Crippen molar-refractivity contribution in [2.24, 2.45) is 0 Å². The molecular weight excluding hydrogens is 373 g/mol. The van der Waals surface area contributed by atoms with Crippen LogP contribution in [0.25, 0.3) is 0 Å². The molecule has 1 unspecified atom stereocenters. The zero-order valence-corrected chi connectivity index (χ0v) is 15.9. The fraction of sp³-hybridized carbons (Fsp3) is 0.263. The lowest BCUT2D eigenvalue weighted by Crippen LogP contribution is -2.34. The topological polar surface area (TPSA) is 101 Å². The maximum atomic E-state index is 13.4. The van der Waals surface area contributed by atoms with E-state index >= 15 is 0 Å². The largest absolute Gasteiger partial charge is 0.479 e. The summed E-state index contributed by atoms with van der Waals surface area (Å²) in [5.41, 5.74) is 1.05. The Kier molecular flexibility index (Phi) is 6.00. The molecule has 0 fully saturated rings. The van der Waals surface area contributed by atoms with Crippen molar-refractivity contribution in [3.05, 3.63) is 64.5 Å². The van der Waals surface area contributed by atoms with Crippen molar-refractivity contribution in [1.29, 1.82) is 0 Å². The van der Waals surface area contributed by atoms with Crippen molar-refractivity contribution in [2.75, 3.05) is 6.26 Å². The van der Waals surface area contributed by atoms with Crippen molar-refractivity contribution < 1.29 is 27.5 Å². The maximum Gasteiger partial charge on any atom is 0.330 e. The number of hydrogen-bond donors (Lipinski definition) is 2. The average Bonchev–Trinajstić information content (AvgIpc) is 2.60. The second-order valence-electron chi connectivity index (χ2n) is 6.20. The van der Waals surface area contributed by atoms with E-state index in [1.165, 1.54) is 37.3 Å². The number of halogens is 1. The van der Waals surface area contributed by atoms with Gasteiger partial charge in [0, 0.05) is 11.8 Å². The van der Waals surface area contributed by atoms with Crippen LogP contribution < -0.4 is 5.32 Å². The molecule has 0 bridgehead atoms. The van der Waals surface area contributed by atoms with Crippen LogP contribution in [0.3, 0.4) is 0 Å². The number of carboxylic acid groups (broad SMARTS) is 1. The second kappa shape index (κ2) is 7.87. The number of amides is 1. The third-order valence-corrected chi connectivity index (χ3v) is 5.33. The molecule has 8 heteroatoms. The van der Waals surface area contributed by atoms with Gasteiger partial charge < -0.3 is 10.4 Å². The van der Waals surface area contributed by atoms with E-state index in [0.717, 1.165) is 12.3 Å². The highest BCUT2D eigenvalue weighted by Crippen LogP contribution is 2.21. The molecule has 6 nitrogen and oxygen atoms in total. The van der Waals surface area contributed by atoms with Crippen LogP contribution in [0.5, 0.6) is 0 Å². The van der Waals surface area contributed by atoms with E-state index in [2.05, 4.69) is 5.32 Å². The van der Waals surface area contributed by atoms with Gasteiger partial charge >= 0.3 is 5.97 Å². The third-order valence-electron chi connectivity index (χ3n) is 4.15. The summed E-state index contributed by atoms with van der Waals surface area (Å²) < 4.78 is 37.3. The van der Waals surface area contributed by atoms with Gasteiger partial charge in [-0.05, 0) is 48.2 Å². The van der Waals surface area contributed by atoms with Crippen LogP contribution in [0.1, 0.15) is 40.0 Å². The minimum absolute atomic E-state index is 0.0257. The summed E-state index contributed by atoms with van der Waals surface area (Å²) in [5.74, 6) is -2.54. The van der Waals surface area contributed by atoms with E-state index in [-0.39, 0.29) is 21.6 Å². The lowest BCUT2D eigenvalue weighted by atomic mass is 10.0. The quantitative estimate of drug-likeness (QED) is 0.786. The number of carboxylic acids is 1. The summed E-state index contributed by atoms with van der Waals surface area (Å²) >= 11 is 0. The van der Waals surface area contributed by atoms with Gasteiger partial charge in [0.25, 0.3) is 5.91 Å². The number of nitrogens with one attached hydrogen (secondary N) is 1. The van der Waals surface area contributed by atoms with Gasteiger partial charge in [-0.25, -0.2) is 17.6 Å². The molecule has 0 aliphatic heterocycles. The first-order valence-electron chi connectivity index (χ1n) is 8.17. The predicted octanol–water partition coefficient (Wildman–Crippen LogP) is 2.66. The molecule has 144 valence electrons. The summed E-state index contributed by atoms with van der Waals surface area (Å²) in [6.07, 6.45) is 1.52. The number of hydrogen-bond acceptors (Lipinski definition) is 4. The van der Waals surface area contributed by atoms with Crippen molar-refractivity contribution in [2.45, 2.75) is 31.2 Å². The highest BCUT2D eigenvalue weighted by Gasteiger charge is 2.24. The Hall–Kier alpha value is -2.74. The first kappa shape index (κ1) is 20.6. The van der Waals surface area contributed by atoms with Gasteiger partial charge in [-0.1, -0.05) is 25.1 Å². The summed E-state index contributed by atoms with van der Waals surface area (Å²) in [4.78, 5) is 24.1. The van der Waals surface area contributed by atoms with Crippen molar-refractivity contribution in [3.8, 4) is 0 Å². The van der Waals surface area contributed by atoms with E-state index in [9.17, 15) is 27.5 Å².